The van der Waals surface area contributed by atoms with Gasteiger partial charge < -0.3 is 15.2 Å². The summed E-state index contributed by atoms with van der Waals surface area (Å²) in [7, 11) is 2.91. The van der Waals surface area contributed by atoms with Gasteiger partial charge in [-0.1, -0.05) is 5.21 Å². The molecule has 8 nitrogen and oxygen atoms in total. The minimum atomic E-state index is -1.20. The van der Waals surface area contributed by atoms with Crippen LogP contribution < -0.4 is 5.32 Å². The highest BCUT2D eigenvalue weighted by atomic mass is 16.5. The number of carboxylic acid groups (broad SMARTS) is 1. The zero-order chi connectivity index (χ0) is 13.0. The topological polar surface area (TPSA) is 106 Å². The van der Waals surface area contributed by atoms with Crippen molar-refractivity contribution in [1.82, 2.24) is 20.3 Å². The van der Waals surface area contributed by atoms with Crippen molar-refractivity contribution in [2.24, 2.45) is 0 Å². The van der Waals surface area contributed by atoms with E-state index in [4.69, 9.17) is 9.84 Å². The van der Waals surface area contributed by atoms with Gasteiger partial charge in [-0.2, -0.15) is 0 Å². The Bertz CT molecular complexity index is 429. The highest BCUT2D eigenvalue weighted by Gasteiger charge is 2.24. The molecule has 0 spiro atoms. The predicted octanol–water partition coefficient (Wildman–Crippen LogP) is -0.570. The molecule has 1 aromatic heterocycles. The molecule has 0 fully saturated rings. The van der Waals surface area contributed by atoms with Gasteiger partial charge in [0.05, 0.1) is 6.61 Å². The summed E-state index contributed by atoms with van der Waals surface area (Å²) >= 11 is 0. The number of likely N-dealkylation sites (N-methyl/N-ethyl adjacent to an activating group) is 1. The van der Waals surface area contributed by atoms with Crippen molar-refractivity contribution in [2.45, 2.75) is 19.6 Å². The SMILES string of the molecule is CNC(=O)C(C)n1nnc(C(=O)O)c1COC. The van der Waals surface area contributed by atoms with E-state index in [9.17, 15) is 9.59 Å². The Morgan fingerprint density at radius 3 is 2.71 bits per heavy atom. The molecule has 94 valence electrons. The fourth-order valence-electron chi connectivity index (χ4n) is 1.38. The standard InChI is InChI=1S/C9H14N4O4/c1-5(8(14)10-2)13-6(4-17-3)7(9(15)16)11-12-13/h5H,4H2,1-3H3,(H,10,14)(H,15,16). The molecule has 2 N–H and O–H groups in total. The van der Waals surface area contributed by atoms with E-state index in [-0.39, 0.29) is 23.9 Å². The Balaban J connectivity index is 3.15. The van der Waals surface area contributed by atoms with Crippen molar-refractivity contribution in [1.29, 1.82) is 0 Å². The summed E-state index contributed by atoms with van der Waals surface area (Å²) in [5.41, 5.74) is 0.0544. The summed E-state index contributed by atoms with van der Waals surface area (Å²) in [6.07, 6.45) is 0. The molecule has 1 amide bonds. The maximum Gasteiger partial charge on any atom is 0.358 e. The highest BCUT2D eigenvalue weighted by Crippen LogP contribution is 2.13. The van der Waals surface area contributed by atoms with Crippen LogP contribution in [-0.4, -0.2) is 46.1 Å². The Morgan fingerprint density at radius 1 is 1.59 bits per heavy atom. The van der Waals surface area contributed by atoms with Crippen LogP contribution in [0.3, 0.4) is 0 Å². The number of aromatic carboxylic acids is 1. The Labute approximate surface area is 97.6 Å². The van der Waals surface area contributed by atoms with Crippen molar-refractivity contribution in [3.63, 3.8) is 0 Å². The van der Waals surface area contributed by atoms with Crippen molar-refractivity contribution >= 4 is 11.9 Å². The molecule has 1 unspecified atom stereocenters. The highest BCUT2D eigenvalue weighted by molar-refractivity contribution is 5.86. The smallest absolute Gasteiger partial charge is 0.358 e. The monoisotopic (exact) mass is 242 g/mol. The van der Waals surface area contributed by atoms with Gasteiger partial charge in [-0.05, 0) is 6.92 Å². The number of ether oxygens (including phenoxy) is 1. The Kier molecular flexibility index (Phi) is 4.16. The fourth-order valence-corrected chi connectivity index (χ4v) is 1.38. The van der Waals surface area contributed by atoms with Crippen LogP contribution in [0, 0.1) is 0 Å². The first-order valence-corrected chi connectivity index (χ1v) is 4.90. The Morgan fingerprint density at radius 2 is 2.24 bits per heavy atom. The van der Waals surface area contributed by atoms with Crippen molar-refractivity contribution < 1.29 is 19.4 Å². The molecule has 0 aromatic carbocycles. The number of carbonyl (C=O) groups is 2. The number of aromatic nitrogens is 3. The second-order valence-electron chi connectivity index (χ2n) is 3.36. The number of rotatable bonds is 5. The van der Waals surface area contributed by atoms with Gasteiger partial charge >= 0.3 is 5.97 Å². The molecule has 0 aliphatic rings. The molecule has 1 aromatic rings. The molecule has 8 heteroatoms. The summed E-state index contributed by atoms with van der Waals surface area (Å²) in [5, 5.41) is 18.6. The lowest BCUT2D eigenvalue weighted by molar-refractivity contribution is -0.123. The van der Waals surface area contributed by atoms with Crippen molar-refractivity contribution in [2.75, 3.05) is 14.2 Å². The third-order valence-electron chi connectivity index (χ3n) is 2.27. The number of methoxy groups -OCH3 is 1. The summed E-state index contributed by atoms with van der Waals surface area (Å²) in [6, 6.07) is -0.647. The van der Waals surface area contributed by atoms with Crippen molar-refractivity contribution in [3.8, 4) is 0 Å². The average molecular weight is 242 g/mol. The quantitative estimate of drug-likeness (QED) is 0.716. The number of carboxylic acids is 1. The second kappa shape index (κ2) is 5.39. The average Bonchev–Trinajstić information content (AvgIpc) is 2.71. The van der Waals surface area contributed by atoms with E-state index < -0.39 is 12.0 Å². The lowest BCUT2D eigenvalue weighted by Crippen LogP contribution is -2.29. The first-order chi connectivity index (χ1) is 8.02. The summed E-state index contributed by atoms with van der Waals surface area (Å²) in [5.74, 6) is -1.49. The largest absolute Gasteiger partial charge is 0.476 e. The van der Waals surface area contributed by atoms with Crippen LogP contribution in [0.25, 0.3) is 0 Å². The van der Waals surface area contributed by atoms with Gasteiger partial charge in [0.15, 0.2) is 5.69 Å². The Hall–Kier alpha value is -1.96. The molecular formula is C9H14N4O4. The number of hydrogen-bond acceptors (Lipinski definition) is 5. The molecule has 1 heterocycles. The van der Waals surface area contributed by atoms with Crippen LogP contribution in [0.1, 0.15) is 29.1 Å². The number of carbonyl (C=O) groups excluding carboxylic acids is 1. The van der Waals surface area contributed by atoms with Gasteiger partial charge in [-0.25, -0.2) is 9.48 Å². The van der Waals surface area contributed by atoms with E-state index in [1.807, 2.05) is 0 Å². The summed E-state index contributed by atoms with van der Waals surface area (Å²) in [4.78, 5) is 22.4. The van der Waals surface area contributed by atoms with Gasteiger partial charge in [-0.15, -0.1) is 5.10 Å². The minimum Gasteiger partial charge on any atom is -0.476 e. The molecule has 1 rings (SSSR count). The molecule has 0 aliphatic carbocycles. The van der Waals surface area contributed by atoms with Crippen LogP contribution >= 0.6 is 0 Å². The van der Waals surface area contributed by atoms with E-state index in [1.165, 1.54) is 18.8 Å². The minimum absolute atomic E-state index is 0.0238. The van der Waals surface area contributed by atoms with Gasteiger partial charge in [0.1, 0.15) is 11.7 Å². The summed E-state index contributed by atoms with van der Waals surface area (Å²) < 4.78 is 6.13. The maximum absolute atomic E-state index is 11.5. The van der Waals surface area contributed by atoms with Crippen LogP contribution in [0.5, 0.6) is 0 Å². The van der Waals surface area contributed by atoms with Gasteiger partial charge in [0.25, 0.3) is 0 Å². The van der Waals surface area contributed by atoms with Gasteiger partial charge in [-0.3, -0.25) is 4.79 Å². The second-order valence-corrected chi connectivity index (χ2v) is 3.36. The zero-order valence-electron chi connectivity index (χ0n) is 9.80. The third-order valence-corrected chi connectivity index (χ3v) is 2.27. The third kappa shape index (κ3) is 2.59. The van der Waals surface area contributed by atoms with Gasteiger partial charge in [0, 0.05) is 14.2 Å². The molecule has 0 saturated heterocycles. The predicted molar refractivity (Wildman–Crippen MR) is 56.5 cm³/mol. The van der Waals surface area contributed by atoms with Crippen LogP contribution in [0.4, 0.5) is 0 Å². The number of hydrogen-bond donors (Lipinski definition) is 2. The number of nitrogens with zero attached hydrogens (tertiary/aromatic N) is 3. The maximum atomic E-state index is 11.5. The van der Waals surface area contributed by atoms with E-state index in [0.717, 1.165) is 0 Å². The van der Waals surface area contributed by atoms with Gasteiger partial charge in [0.2, 0.25) is 5.91 Å². The lowest BCUT2D eigenvalue weighted by atomic mass is 10.2. The van der Waals surface area contributed by atoms with Crippen LogP contribution in [0.2, 0.25) is 0 Å². The fraction of sp³-hybridized carbons (Fsp3) is 0.556. The molecule has 0 aliphatic heterocycles. The molecule has 0 radical (unpaired) electrons. The first kappa shape index (κ1) is 13.1. The zero-order valence-corrected chi connectivity index (χ0v) is 9.80. The molecule has 0 bridgehead atoms. The first-order valence-electron chi connectivity index (χ1n) is 4.90. The normalized spacial score (nSPS) is 12.2. The molecule has 17 heavy (non-hydrogen) atoms. The number of amides is 1. The van der Waals surface area contributed by atoms with E-state index >= 15 is 0 Å². The van der Waals surface area contributed by atoms with Crippen LogP contribution in [0.15, 0.2) is 0 Å². The van der Waals surface area contributed by atoms with E-state index in [0.29, 0.717) is 0 Å². The molecular weight excluding hydrogens is 228 g/mol. The number of nitrogens with one attached hydrogen (secondary N) is 1. The summed E-state index contributed by atoms with van der Waals surface area (Å²) in [6.45, 7) is 1.62. The molecule has 1 atom stereocenters. The van der Waals surface area contributed by atoms with Crippen molar-refractivity contribution in [3.05, 3.63) is 11.4 Å². The molecule has 0 saturated carbocycles. The van der Waals surface area contributed by atoms with E-state index in [2.05, 4.69) is 15.6 Å². The van der Waals surface area contributed by atoms with Crippen LogP contribution in [-0.2, 0) is 16.1 Å². The van der Waals surface area contributed by atoms with E-state index in [1.54, 1.807) is 6.92 Å². The lowest BCUT2D eigenvalue weighted by Gasteiger charge is -2.12.